The molecular formula is C22H35ClIN3O3. The van der Waals surface area contributed by atoms with E-state index in [1.165, 1.54) is 12.8 Å². The molecule has 2 heterocycles. The highest BCUT2D eigenvalue weighted by molar-refractivity contribution is 14.0. The highest BCUT2D eigenvalue weighted by Crippen LogP contribution is 2.18. The average molecular weight is 552 g/mol. The second-order valence-corrected chi connectivity index (χ2v) is 8.10. The van der Waals surface area contributed by atoms with Crippen molar-refractivity contribution in [2.75, 3.05) is 46.5 Å². The van der Waals surface area contributed by atoms with E-state index >= 15 is 0 Å². The van der Waals surface area contributed by atoms with Gasteiger partial charge in [-0.25, -0.2) is 0 Å². The Balaban J connectivity index is 0.00000320. The lowest BCUT2D eigenvalue weighted by Gasteiger charge is -2.35. The largest absolute Gasteiger partial charge is 0.376 e. The predicted molar refractivity (Wildman–Crippen MR) is 132 cm³/mol. The van der Waals surface area contributed by atoms with Crippen molar-refractivity contribution in [2.45, 2.75) is 50.9 Å². The highest BCUT2D eigenvalue weighted by Gasteiger charge is 2.23. The lowest BCUT2D eigenvalue weighted by atomic mass is 10.1. The van der Waals surface area contributed by atoms with Crippen molar-refractivity contribution in [3.63, 3.8) is 0 Å². The van der Waals surface area contributed by atoms with E-state index < -0.39 is 0 Å². The van der Waals surface area contributed by atoms with Crippen LogP contribution in [-0.4, -0.2) is 69.6 Å². The Morgan fingerprint density at radius 2 is 1.97 bits per heavy atom. The molecule has 1 atom stereocenters. The van der Waals surface area contributed by atoms with Crippen LogP contribution in [-0.2, 0) is 20.8 Å². The monoisotopic (exact) mass is 551 g/mol. The molecule has 1 aromatic carbocycles. The van der Waals surface area contributed by atoms with Gasteiger partial charge in [0.1, 0.15) is 0 Å². The molecule has 170 valence electrons. The van der Waals surface area contributed by atoms with Crippen molar-refractivity contribution in [3.8, 4) is 0 Å². The highest BCUT2D eigenvalue weighted by atomic mass is 127. The first-order valence-corrected chi connectivity index (χ1v) is 11.1. The van der Waals surface area contributed by atoms with Crippen LogP contribution in [0.4, 0.5) is 0 Å². The van der Waals surface area contributed by atoms with Gasteiger partial charge in [-0.2, -0.15) is 0 Å². The third-order valence-electron chi connectivity index (χ3n) is 5.46. The molecule has 2 aliphatic rings. The SMILES string of the molecule is CN=C(NCCOCc1ccc(Cl)cc1)N1CCC(OCC2CCCCO2)CC1.I. The molecule has 6 nitrogen and oxygen atoms in total. The summed E-state index contributed by atoms with van der Waals surface area (Å²) in [6.45, 7) is 5.49. The minimum absolute atomic E-state index is 0. The Morgan fingerprint density at radius 1 is 1.20 bits per heavy atom. The molecule has 2 saturated heterocycles. The Kier molecular flexibility index (Phi) is 12.4. The molecule has 0 amide bonds. The topological polar surface area (TPSA) is 55.3 Å². The van der Waals surface area contributed by atoms with E-state index in [1.54, 1.807) is 0 Å². The molecule has 3 rings (SSSR count). The minimum Gasteiger partial charge on any atom is -0.376 e. The Labute approximate surface area is 202 Å². The molecule has 8 heteroatoms. The van der Waals surface area contributed by atoms with Crippen LogP contribution in [0.15, 0.2) is 29.3 Å². The number of likely N-dealkylation sites (tertiary alicyclic amines) is 1. The molecule has 0 radical (unpaired) electrons. The standard InChI is InChI=1S/C22H34ClN3O3.HI/c1-24-22(25-11-15-27-16-18-5-7-19(23)8-6-18)26-12-9-20(10-13-26)29-17-21-4-2-3-14-28-21;/h5-8,20-21H,2-4,9-17H2,1H3,(H,24,25);1H. The molecule has 0 saturated carbocycles. The fourth-order valence-electron chi connectivity index (χ4n) is 3.75. The number of halogens is 2. The van der Waals surface area contributed by atoms with Crippen molar-refractivity contribution in [1.82, 2.24) is 10.2 Å². The van der Waals surface area contributed by atoms with Crippen molar-refractivity contribution in [3.05, 3.63) is 34.9 Å². The number of nitrogens with zero attached hydrogens (tertiary/aromatic N) is 2. The maximum Gasteiger partial charge on any atom is 0.193 e. The number of guanidine groups is 1. The van der Waals surface area contributed by atoms with Crippen LogP contribution in [0, 0.1) is 0 Å². The smallest absolute Gasteiger partial charge is 0.193 e. The third kappa shape index (κ3) is 8.86. The number of nitrogens with one attached hydrogen (secondary N) is 1. The summed E-state index contributed by atoms with van der Waals surface area (Å²) in [5.74, 6) is 0.939. The average Bonchev–Trinajstić information content (AvgIpc) is 2.77. The van der Waals surface area contributed by atoms with Gasteiger partial charge in [0.15, 0.2) is 5.96 Å². The number of hydrogen-bond acceptors (Lipinski definition) is 4. The Bertz CT molecular complexity index is 619. The van der Waals surface area contributed by atoms with E-state index in [1.807, 2.05) is 31.3 Å². The number of ether oxygens (including phenoxy) is 3. The first-order valence-electron chi connectivity index (χ1n) is 10.8. The second-order valence-electron chi connectivity index (χ2n) is 7.66. The summed E-state index contributed by atoms with van der Waals surface area (Å²) in [7, 11) is 1.83. The van der Waals surface area contributed by atoms with Gasteiger partial charge in [-0.15, -0.1) is 24.0 Å². The molecular weight excluding hydrogens is 517 g/mol. The second kappa shape index (κ2) is 14.5. The number of rotatable bonds is 8. The van der Waals surface area contributed by atoms with Crippen molar-refractivity contribution >= 4 is 41.5 Å². The van der Waals surface area contributed by atoms with Crippen LogP contribution in [0.25, 0.3) is 0 Å². The zero-order valence-corrected chi connectivity index (χ0v) is 20.9. The maximum absolute atomic E-state index is 6.11. The van der Waals surface area contributed by atoms with Gasteiger partial charge in [0.2, 0.25) is 0 Å². The van der Waals surface area contributed by atoms with Crippen LogP contribution in [0.2, 0.25) is 5.02 Å². The van der Waals surface area contributed by atoms with Crippen molar-refractivity contribution < 1.29 is 14.2 Å². The summed E-state index contributed by atoms with van der Waals surface area (Å²) in [5.41, 5.74) is 1.12. The van der Waals surface area contributed by atoms with Gasteiger partial charge in [-0.05, 0) is 49.8 Å². The van der Waals surface area contributed by atoms with Crippen molar-refractivity contribution in [2.24, 2.45) is 4.99 Å². The minimum atomic E-state index is 0. The fraction of sp³-hybridized carbons (Fsp3) is 0.682. The molecule has 30 heavy (non-hydrogen) atoms. The lowest BCUT2D eigenvalue weighted by molar-refractivity contribution is -0.0721. The number of benzene rings is 1. The van der Waals surface area contributed by atoms with Crippen LogP contribution in [0.1, 0.15) is 37.7 Å². The van der Waals surface area contributed by atoms with Gasteiger partial charge in [0.25, 0.3) is 0 Å². The molecule has 1 N–H and O–H groups in total. The summed E-state index contributed by atoms with van der Waals surface area (Å²) >= 11 is 5.90. The van der Waals surface area contributed by atoms with E-state index in [2.05, 4.69) is 15.2 Å². The summed E-state index contributed by atoms with van der Waals surface area (Å²) in [6, 6.07) is 7.74. The van der Waals surface area contributed by atoms with E-state index in [9.17, 15) is 0 Å². The van der Waals surface area contributed by atoms with Gasteiger partial charge < -0.3 is 24.4 Å². The molecule has 2 aliphatic heterocycles. The molecule has 1 aromatic rings. The Hall–Kier alpha value is -0.610. The summed E-state index contributed by atoms with van der Waals surface area (Å²) in [6.07, 6.45) is 6.27. The van der Waals surface area contributed by atoms with Crippen LogP contribution in [0.5, 0.6) is 0 Å². The predicted octanol–water partition coefficient (Wildman–Crippen LogP) is 4.10. The molecule has 2 fully saturated rings. The van der Waals surface area contributed by atoms with Crippen LogP contribution >= 0.6 is 35.6 Å². The molecule has 0 aliphatic carbocycles. The third-order valence-corrected chi connectivity index (χ3v) is 5.71. The number of piperidine rings is 1. The van der Waals surface area contributed by atoms with Crippen molar-refractivity contribution in [1.29, 1.82) is 0 Å². The summed E-state index contributed by atoms with van der Waals surface area (Å²) in [5, 5.41) is 4.15. The summed E-state index contributed by atoms with van der Waals surface area (Å²) < 4.78 is 17.6. The van der Waals surface area contributed by atoms with E-state index in [0.29, 0.717) is 25.4 Å². The van der Waals surface area contributed by atoms with Crippen LogP contribution < -0.4 is 5.32 Å². The quantitative estimate of drug-likeness (QED) is 0.228. The zero-order chi connectivity index (χ0) is 20.3. The van der Waals surface area contributed by atoms with Crippen LogP contribution in [0.3, 0.4) is 0 Å². The molecule has 0 spiro atoms. The molecule has 1 unspecified atom stereocenters. The van der Waals surface area contributed by atoms with Gasteiger partial charge >= 0.3 is 0 Å². The maximum atomic E-state index is 6.11. The first-order chi connectivity index (χ1) is 14.2. The summed E-state index contributed by atoms with van der Waals surface area (Å²) in [4.78, 5) is 6.72. The molecule has 0 aromatic heterocycles. The van der Waals surface area contributed by atoms with Gasteiger partial charge in [0.05, 0.1) is 32.0 Å². The first kappa shape index (κ1) is 25.6. The Morgan fingerprint density at radius 3 is 2.63 bits per heavy atom. The molecule has 0 bridgehead atoms. The van der Waals surface area contributed by atoms with Gasteiger partial charge in [-0.1, -0.05) is 23.7 Å². The van der Waals surface area contributed by atoms with Gasteiger partial charge in [0, 0.05) is 38.3 Å². The normalized spacial score (nSPS) is 20.7. The fourth-order valence-corrected chi connectivity index (χ4v) is 3.88. The zero-order valence-electron chi connectivity index (χ0n) is 17.9. The lowest BCUT2D eigenvalue weighted by Crippen LogP contribution is -2.48. The van der Waals surface area contributed by atoms with E-state index in [0.717, 1.165) is 68.7 Å². The van der Waals surface area contributed by atoms with E-state index in [-0.39, 0.29) is 24.0 Å². The number of aliphatic imine (C=N–C) groups is 1. The van der Waals surface area contributed by atoms with E-state index in [4.69, 9.17) is 25.8 Å². The van der Waals surface area contributed by atoms with Gasteiger partial charge in [-0.3, -0.25) is 4.99 Å². The number of hydrogen-bond donors (Lipinski definition) is 1.